The minimum Gasteiger partial charge on any atom is -0.462 e. The van der Waals surface area contributed by atoms with Gasteiger partial charge in [0.1, 0.15) is 6.10 Å². The number of aliphatic hydroxyl groups excluding tert-OH is 2. The van der Waals surface area contributed by atoms with Gasteiger partial charge in [0.05, 0.1) is 25.2 Å². The maximum Gasteiger partial charge on any atom is 0.306 e. The average Bonchev–Trinajstić information content (AvgIpc) is 3.30. The number of nitrogens with one attached hydrogen (secondary N) is 1. The standard InChI is InChI=1S/C59H113NO5/c1-4-7-10-13-16-19-22-25-27-29-30-32-34-37-40-43-46-49-52-59(64)65-55(50-47-44-41-38-35-24-21-18-15-12-9-6-3)53-58(63)60-56(54-61)57(62)51-48-45-42-39-36-33-31-28-26-23-20-17-14-11-8-5-2/h30,32,38,41,55-57,61-62H,4-29,31,33-37,39-40,42-54H2,1-3H3,(H,60,63)/b32-30+,41-38-. The van der Waals surface area contributed by atoms with Gasteiger partial charge in [0, 0.05) is 6.42 Å². The quantitative estimate of drug-likeness (QED) is 0.0321. The molecule has 0 heterocycles. The number of amides is 1. The van der Waals surface area contributed by atoms with Crippen LogP contribution in [0.15, 0.2) is 24.3 Å². The number of carbonyl (C=O) groups excluding carboxylic acids is 2. The summed E-state index contributed by atoms with van der Waals surface area (Å²) >= 11 is 0. The van der Waals surface area contributed by atoms with Gasteiger partial charge in [-0.1, -0.05) is 257 Å². The fourth-order valence-electron chi connectivity index (χ4n) is 9.08. The third kappa shape index (κ3) is 48.6. The van der Waals surface area contributed by atoms with Crippen LogP contribution in [0.2, 0.25) is 0 Å². The van der Waals surface area contributed by atoms with E-state index in [1.807, 2.05) is 0 Å². The molecule has 0 aliphatic carbocycles. The highest BCUT2D eigenvalue weighted by Crippen LogP contribution is 2.18. The first-order valence-corrected chi connectivity index (χ1v) is 29.1. The van der Waals surface area contributed by atoms with Crippen LogP contribution in [0, 0.1) is 0 Å². The largest absolute Gasteiger partial charge is 0.462 e. The molecule has 0 fully saturated rings. The normalized spacial score (nSPS) is 13.2. The zero-order valence-electron chi connectivity index (χ0n) is 43.9. The number of carbonyl (C=O) groups is 2. The summed E-state index contributed by atoms with van der Waals surface area (Å²) in [5.41, 5.74) is 0. The van der Waals surface area contributed by atoms with Gasteiger partial charge in [0.25, 0.3) is 0 Å². The van der Waals surface area contributed by atoms with E-state index in [2.05, 4.69) is 50.4 Å². The van der Waals surface area contributed by atoms with E-state index in [1.165, 1.54) is 212 Å². The van der Waals surface area contributed by atoms with Crippen molar-refractivity contribution in [3.05, 3.63) is 24.3 Å². The molecule has 0 aliphatic heterocycles. The van der Waals surface area contributed by atoms with Crippen LogP contribution in [-0.2, 0) is 14.3 Å². The molecule has 0 aliphatic rings. The highest BCUT2D eigenvalue weighted by molar-refractivity contribution is 5.77. The van der Waals surface area contributed by atoms with E-state index in [1.54, 1.807) is 0 Å². The summed E-state index contributed by atoms with van der Waals surface area (Å²) in [6, 6.07) is -0.708. The maximum absolute atomic E-state index is 13.2. The topological polar surface area (TPSA) is 95.9 Å². The zero-order valence-corrected chi connectivity index (χ0v) is 43.9. The molecule has 1 amide bonds. The van der Waals surface area contributed by atoms with Crippen LogP contribution < -0.4 is 5.32 Å². The Labute approximate surface area is 405 Å². The summed E-state index contributed by atoms with van der Waals surface area (Å²) in [4.78, 5) is 26.2. The van der Waals surface area contributed by atoms with Crippen molar-refractivity contribution in [2.24, 2.45) is 0 Å². The zero-order chi connectivity index (χ0) is 47.4. The Bertz CT molecular complexity index is 1030. The molecule has 6 nitrogen and oxygen atoms in total. The van der Waals surface area contributed by atoms with Crippen LogP contribution in [0.3, 0.4) is 0 Å². The number of hydrogen-bond acceptors (Lipinski definition) is 5. The van der Waals surface area contributed by atoms with Crippen LogP contribution >= 0.6 is 0 Å². The molecule has 0 saturated carbocycles. The van der Waals surface area contributed by atoms with E-state index in [0.29, 0.717) is 19.3 Å². The third-order valence-corrected chi connectivity index (χ3v) is 13.5. The van der Waals surface area contributed by atoms with Gasteiger partial charge in [-0.3, -0.25) is 9.59 Å². The molecule has 0 saturated heterocycles. The van der Waals surface area contributed by atoms with Crippen molar-refractivity contribution in [1.29, 1.82) is 0 Å². The Morgan fingerprint density at radius 1 is 0.431 bits per heavy atom. The van der Waals surface area contributed by atoms with Gasteiger partial charge in [-0.2, -0.15) is 0 Å². The fraction of sp³-hybridized carbons (Fsp3) is 0.898. The summed E-state index contributed by atoms with van der Waals surface area (Å²) in [6.07, 6.45) is 62.5. The lowest BCUT2D eigenvalue weighted by Gasteiger charge is -2.24. The maximum atomic E-state index is 13.2. The van der Waals surface area contributed by atoms with Crippen molar-refractivity contribution in [2.75, 3.05) is 6.61 Å². The Kier molecular flexibility index (Phi) is 51.9. The van der Waals surface area contributed by atoms with Gasteiger partial charge in [-0.15, -0.1) is 0 Å². The SMILES string of the molecule is CCCCCCCCC/C=C\CCCC(CC(=O)NC(CO)C(O)CCCCCCCCCCCCCCCCCC)OC(=O)CCCCCCC/C=C/CCCCCCCCCCC. The predicted octanol–water partition coefficient (Wildman–Crippen LogP) is 17.9. The first-order chi connectivity index (χ1) is 32.0. The molecule has 3 unspecified atom stereocenters. The first kappa shape index (κ1) is 63.3. The molecular weight excluding hydrogens is 803 g/mol. The van der Waals surface area contributed by atoms with Crippen LogP contribution in [0.5, 0.6) is 0 Å². The van der Waals surface area contributed by atoms with Gasteiger partial charge in [-0.05, 0) is 70.6 Å². The Morgan fingerprint density at radius 2 is 0.754 bits per heavy atom. The number of ether oxygens (including phenoxy) is 1. The van der Waals surface area contributed by atoms with E-state index < -0.39 is 18.2 Å². The van der Waals surface area contributed by atoms with Gasteiger partial charge in [0.2, 0.25) is 5.91 Å². The van der Waals surface area contributed by atoms with Crippen LogP contribution in [-0.4, -0.2) is 46.9 Å². The number of aliphatic hydroxyl groups is 2. The molecule has 384 valence electrons. The molecule has 6 heteroatoms. The number of hydrogen-bond donors (Lipinski definition) is 3. The molecule has 0 spiro atoms. The number of allylic oxidation sites excluding steroid dienone is 4. The second-order valence-corrected chi connectivity index (χ2v) is 20.0. The smallest absolute Gasteiger partial charge is 0.306 e. The van der Waals surface area contributed by atoms with Crippen LogP contribution in [0.25, 0.3) is 0 Å². The minimum atomic E-state index is -0.793. The highest BCUT2D eigenvalue weighted by Gasteiger charge is 2.24. The van der Waals surface area contributed by atoms with Gasteiger partial charge in [-0.25, -0.2) is 0 Å². The summed E-state index contributed by atoms with van der Waals surface area (Å²) in [6.45, 7) is 6.51. The summed E-state index contributed by atoms with van der Waals surface area (Å²) in [5, 5.41) is 23.9. The molecular formula is C59H113NO5. The lowest BCUT2D eigenvalue weighted by molar-refractivity contribution is -0.151. The Hall–Kier alpha value is -1.66. The molecule has 3 N–H and O–H groups in total. The highest BCUT2D eigenvalue weighted by atomic mass is 16.5. The van der Waals surface area contributed by atoms with Crippen molar-refractivity contribution in [1.82, 2.24) is 5.32 Å². The van der Waals surface area contributed by atoms with Crippen LogP contribution in [0.4, 0.5) is 0 Å². The summed E-state index contributed by atoms with van der Waals surface area (Å²) in [5.74, 6) is -0.497. The molecule has 0 bridgehead atoms. The first-order valence-electron chi connectivity index (χ1n) is 29.1. The van der Waals surface area contributed by atoms with E-state index in [0.717, 1.165) is 57.8 Å². The van der Waals surface area contributed by atoms with Crippen molar-refractivity contribution >= 4 is 11.9 Å². The lowest BCUT2D eigenvalue weighted by Crippen LogP contribution is -2.46. The molecule has 0 radical (unpaired) electrons. The third-order valence-electron chi connectivity index (χ3n) is 13.5. The van der Waals surface area contributed by atoms with E-state index in [9.17, 15) is 19.8 Å². The molecule has 0 aromatic heterocycles. The van der Waals surface area contributed by atoms with Crippen molar-refractivity contribution < 1.29 is 24.5 Å². The van der Waals surface area contributed by atoms with Crippen molar-refractivity contribution in [3.8, 4) is 0 Å². The van der Waals surface area contributed by atoms with Crippen molar-refractivity contribution in [2.45, 2.75) is 334 Å². The minimum absolute atomic E-state index is 0.0579. The summed E-state index contributed by atoms with van der Waals surface area (Å²) in [7, 11) is 0. The number of unbranched alkanes of at least 4 members (excludes halogenated alkanes) is 37. The van der Waals surface area contributed by atoms with E-state index >= 15 is 0 Å². The number of esters is 1. The second kappa shape index (κ2) is 53.3. The van der Waals surface area contributed by atoms with Gasteiger partial charge >= 0.3 is 5.97 Å². The molecule has 0 aromatic rings. The molecule has 0 rings (SSSR count). The van der Waals surface area contributed by atoms with E-state index in [-0.39, 0.29) is 24.9 Å². The van der Waals surface area contributed by atoms with Gasteiger partial charge < -0.3 is 20.3 Å². The fourth-order valence-corrected chi connectivity index (χ4v) is 9.08. The average molecular weight is 917 g/mol. The number of rotatable bonds is 53. The Morgan fingerprint density at radius 3 is 1.12 bits per heavy atom. The molecule has 65 heavy (non-hydrogen) atoms. The molecule has 0 aromatic carbocycles. The van der Waals surface area contributed by atoms with Crippen molar-refractivity contribution in [3.63, 3.8) is 0 Å². The summed E-state index contributed by atoms with van der Waals surface area (Å²) < 4.78 is 5.94. The monoisotopic (exact) mass is 916 g/mol. The predicted molar refractivity (Wildman–Crippen MR) is 283 cm³/mol. The van der Waals surface area contributed by atoms with Gasteiger partial charge in [0.15, 0.2) is 0 Å². The second-order valence-electron chi connectivity index (χ2n) is 20.0. The van der Waals surface area contributed by atoms with E-state index in [4.69, 9.17) is 4.74 Å². The van der Waals surface area contributed by atoms with Crippen LogP contribution in [0.1, 0.15) is 316 Å². The Balaban J connectivity index is 4.49. The lowest BCUT2D eigenvalue weighted by atomic mass is 10.0. The molecule has 3 atom stereocenters.